The van der Waals surface area contributed by atoms with Gasteiger partial charge in [0, 0.05) is 25.2 Å². The quantitative estimate of drug-likeness (QED) is 0.731. The van der Waals surface area contributed by atoms with Crippen molar-refractivity contribution in [3.05, 3.63) is 17.7 Å². The monoisotopic (exact) mass is 351 g/mol. The van der Waals surface area contributed by atoms with Gasteiger partial charge in [0.05, 0.1) is 21.3 Å². The third kappa shape index (κ3) is 4.55. The Hall–Kier alpha value is -2.44. The Morgan fingerprint density at radius 3 is 2.32 bits per heavy atom. The van der Waals surface area contributed by atoms with Crippen molar-refractivity contribution in [2.75, 3.05) is 41.0 Å². The number of hydrogen-bond donors (Lipinski definition) is 0. The summed E-state index contributed by atoms with van der Waals surface area (Å²) in [6, 6.07) is 3.02. The molecule has 0 aliphatic carbocycles. The van der Waals surface area contributed by atoms with E-state index in [1.54, 1.807) is 11.0 Å². The molecule has 1 fully saturated rings. The minimum Gasteiger partial charge on any atom is -0.496 e. The summed E-state index contributed by atoms with van der Waals surface area (Å²) in [4.78, 5) is 26.3. The van der Waals surface area contributed by atoms with Gasteiger partial charge in [0.1, 0.15) is 11.3 Å². The van der Waals surface area contributed by atoms with E-state index in [-0.39, 0.29) is 18.1 Å². The largest absolute Gasteiger partial charge is 0.496 e. The average Bonchev–Trinajstić information content (AvgIpc) is 2.64. The number of methoxy groups -OCH3 is 3. The number of amides is 1. The number of likely N-dealkylation sites (tertiary alicyclic amines) is 1. The lowest BCUT2D eigenvalue weighted by atomic mass is 10.0. The van der Waals surface area contributed by atoms with Crippen molar-refractivity contribution in [2.45, 2.75) is 19.8 Å². The molecule has 1 saturated heterocycles. The smallest absolute Gasteiger partial charge is 0.342 e. The van der Waals surface area contributed by atoms with Gasteiger partial charge in [-0.1, -0.05) is 6.92 Å². The number of carbonyl (C=O) groups is 2. The molecule has 7 nitrogen and oxygen atoms in total. The molecular weight excluding hydrogens is 326 g/mol. The number of benzene rings is 1. The van der Waals surface area contributed by atoms with Crippen molar-refractivity contribution in [3.63, 3.8) is 0 Å². The fourth-order valence-corrected chi connectivity index (χ4v) is 2.90. The van der Waals surface area contributed by atoms with Crippen LogP contribution in [0.1, 0.15) is 30.1 Å². The Bertz CT molecular complexity index is 630. The molecule has 0 saturated carbocycles. The molecule has 1 aliphatic rings. The summed E-state index contributed by atoms with van der Waals surface area (Å²) >= 11 is 0. The first-order valence-corrected chi connectivity index (χ1v) is 8.25. The maximum atomic E-state index is 12.4. The second-order valence-corrected chi connectivity index (χ2v) is 6.07. The Balaban J connectivity index is 2.06. The Morgan fingerprint density at radius 2 is 1.72 bits per heavy atom. The molecule has 1 atom stereocenters. The summed E-state index contributed by atoms with van der Waals surface area (Å²) in [5, 5.41) is 0. The molecule has 1 amide bonds. The van der Waals surface area contributed by atoms with Crippen LogP contribution >= 0.6 is 0 Å². The first kappa shape index (κ1) is 18.9. The number of piperidine rings is 1. The topological polar surface area (TPSA) is 74.3 Å². The fourth-order valence-electron chi connectivity index (χ4n) is 2.90. The molecule has 0 aromatic heterocycles. The van der Waals surface area contributed by atoms with Gasteiger partial charge in [0.2, 0.25) is 0 Å². The molecule has 0 spiro atoms. The third-order valence-electron chi connectivity index (χ3n) is 4.26. The Labute approximate surface area is 147 Å². The van der Waals surface area contributed by atoms with Crippen molar-refractivity contribution >= 4 is 11.9 Å². The molecule has 1 aliphatic heterocycles. The highest BCUT2D eigenvalue weighted by Crippen LogP contribution is 2.34. The highest BCUT2D eigenvalue weighted by atomic mass is 16.5. The predicted molar refractivity (Wildman–Crippen MR) is 91.4 cm³/mol. The van der Waals surface area contributed by atoms with E-state index >= 15 is 0 Å². The zero-order chi connectivity index (χ0) is 18.4. The van der Waals surface area contributed by atoms with Gasteiger partial charge in [-0.2, -0.15) is 0 Å². The number of ether oxygens (including phenoxy) is 4. The molecule has 25 heavy (non-hydrogen) atoms. The number of rotatable bonds is 6. The van der Waals surface area contributed by atoms with E-state index in [0.29, 0.717) is 36.3 Å². The molecule has 0 unspecified atom stereocenters. The molecule has 138 valence electrons. The Morgan fingerprint density at radius 1 is 1.08 bits per heavy atom. The third-order valence-corrected chi connectivity index (χ3v) is 4.26. The lowest BCUT2D eigenvalue weighted by Crippen LogP contribution is -2.41. The maximum absolute atomic E-state index is 12.4. The second-order valence-electron chi connectivity index (χ2n) is 6.07. The second kappa shape index (κ2) is 8.60. The van der Waals surface area contributed by atoms with E-state index in [0.717, 1.165) is 12.8 Å². The van der Waals surface area contributed by atoms with Crippen LogP contribution in [0.25, 0.3) is 0 Å². The molecule has 1 aromatic carbocycles. The van der Waals surface area contributed by atoms with Crippen LogP contribution in [0.2, 0.25) is 0 Å². The molecule has 0 radical (unpaired) electrons. The summed E-state index contributed by atoms with van der Waals surface area (Å²) in [6.45, 7) is 3.24. The summed E-state index contributed by atoms with van der Waals surface area (Å²) in [5.74, 6) is 0.761. The zero-order valence-electron chi connectivity index (χ0n) is 15.2. The van der Waals surface area contributed by atoms with Crippen LogP contribution < -0.4 is 14.2 Å². The Kier molecular flexibility index (Phi) is 6.50. The molecule has 1 heterocycles. The van der Waals surface area contributed by atoms with Crippen LogP contribution in [0, 0.1) is 5.92 Å². The van der Waals surface area contributed by atoms with Crippen molar-refractivity contribution in [2.24, 2.45) is 5.92 Å². The van der Waals surface area contributed by atoms with E-state index in [2.05, 4.69) is 6.92 Å². The van der Waals surface area contributed by atoms with Crippen molar-refractivity contribution in [3.8, 4) is 17.2 Å². The minimum absolute atomic E-state index is 0.181. The first-order valence-electron chi connectivity index (χ1n) is 8.25. The summed E-state index contributed by atoms with van der Waals surface area (Å²) in [5.41, 5.74) is 0.181. The summed E-state index contributed by atoms with van der Waals surface area (Å²) < 4.78 is 20.8. The van der Waals surface area contributed by atoms with Crippen LogP contribution in [0.4, 0.5) is 0 Å². The van der Waals surface area contributed by atoms with E-state index < -0.39 is 5.97 Å². The zero-order valence-corrected chi connectivity index (χ0v) is 15.2. The van der Waals surface area contributed by atoms with Gasteiger partial charge in [0.15, 0.2) is 18.1 Å². The molecule has 0 N–H and O–H groups in total. The lowest BCUT2D eigenvalue weighted by Gasteiger charge is -2.30. The minimum atomic E-state index is -0.642. The predicted octanol–water partition coefficient (Wildman–Crippen LogP) is 2.13. The van der Waals surface area contributed by atoms with E-state index in [9.17, 15) is 9.59 Å². The molecule has 7 heteroatoms. The summed E-state index contributed by atoms with van der Waals surface area (Å²) in [7, 11) is 4.41. The highest BCUT2D eigenvalue weighted by molar-refractivity contribution is 5.95. The van der Waals surface area contributed by atoms with E-state index in [1.165, 1.54) is 27.4 Å². The molecule has 1 aromatic rings. The number of hydrogen-bond acceptors (Lipinski definition) is 6. The average molecular weight is 351 g/mol. The van der Waals surface area contributed by atoms with Crippen LogP contribution in [0.3, 0.4) is 0 Å². The standard InChI is InChI=1S/C18H25NO6/c1-12-6-5-7-19(10-12)17(20)11-25-18(21)13-8-15(23-3)16(24-4)9-14(13)22-2/h8-9,12H,5-7,10-11H2,1-4H3/t12-/m1/s1. The number of nitrogens with zero attached hydrogens (tertiary/aromatic N) is 1. The van der Waals surface area contributed by atoms with Gasteiger partial charge >= 0.3 is 5.97 Å². The van der Waals surface area contributed by atoms with Gasteiger partial charge in [-0.3, -0.25) is 4.79 Å². The molecule has 2 rings (SSSR count). The van der Waals surface area contributed by atoms with Crippen molar-refractivity contribution < 1.29 is 28.5 Å². The number of esters is 1. The van der Waals surface area contributed by atoms with Crippen LogP contribution in [0.5, 0.6) is 17.2 Å². The fraction of sp³-hybridized carbons (Fsp3) is 0.556. The van der Waals surface area contributed by atoms with Crippen LogP contribution in [0.15, 0.2) is 12.1 Å². The van der Waals surface area contributed by atoms with Crippen molar-refractivity contribution in [1.82, 2.24) is 4.90 Å². The van der Waals surface area contributed by atoms with Gasteiger partial charge < -0.3 is 23.8 Å². The van der Waals surface area contributed by atoms with Gasteiger partial charge in [-0.25, -0.2) is 4.79 Å². The van der Waals surface area contributed by atoms with Crippen LogP contribution in [-0.4, -0.2) is 57.8 Å². The highest BCUT2D eigenvalue weighted by Gasteiger charge is 2.24. The number of carbonyl (C=O) groups excluding carboxylic acids is 2. The SMILES string of the molecule is COc1cc(OC)c(C(=O)OCC(=O)N2CCC[C@@H](C)C2)cc1OC. The molecular formula is C18H25NO6. The summed E-state index contributed by atoms with van der Waals surface area (Å²) in [6.07, 6.45) is 2.09. The van der Waals surface area contributed by atoms with Crippen molar-refractivity contribution in [1.29, 1.82) is 0 Å². The maximum Gasteiger partial charge on any atom is 0.342 e. The lowest BCUT2D eigenvalue weighted by molar-refractivity contribution is -0.136. The molecule has 0 bridgehead atoms. The van der Waals surface area contributed by atoms with Gasteiger partial charge in [-0.05, 0) is 18.8 Å². The normalized spacial score (nSPS) is 17.0. The van der Waals surface area contributed by atoms with Crippen LogP contribution in [-0.2, 0) is 9.53 Å². The van der Waals surface area contributed by atoms with E-state index in [4.69, 9.17) is 18.9 Å². The van der Waals surface area contributed by atoms with Gasteiger partial charge in [0.25, 0.3) is 5.91 Å². The van der Waals surface area contributed by atoms with E-state index in [1.807, 2.05) is 0 Å². The van der Waals surface area contributed by atoms with Gasteiger partial charge in [-0.15, -0.1) is 0 Å². The first-order chi connectivity index (χ1) is 12.0.